The lowest BCUT2D eigenvalue weighted by Crippen LogP contribution is -2.37. The Morgan fingerprint density at radius 1 is 0.557 bits per heavy atom. The van der Waals surface area contributed by atoms with Crippen molar-refractivity contribution in [3.8, 4) is 34.0 Å². The predicted octanol–water partition coefficient (Wildman–Crippen LogP) is 8.37. The molecule has 0 aliphatic carbocycles. The van der Waals surface area contributed by atoms with Gasteiger partial charge in [0.05, 0.1) is 61.6 Å². The predicted molar refractivity (Wildman–Crippen MR) is 243 cm³/mol. The second-order valence-electron chi connectivity index (χ2n) is 13.7. The fourth-order valence-corrected chi connectivity index (χ4v) is 6.42. The number of nitrogens with zero attached hydrogens (tertiary/aromatic N) is 8. The molecule has 0 atom stereocenters. The maximum atomic E-state index is 9.80. The molecule has 2 fully saturated rings. The minimum atomic E-state index is 0. The van der Waals surface area contributed by atoms with E-state index in [1.807, 2.05) is 84.9 Å². The van der Waals surface area contributed by atoms with Crippen LogP contribution in [0.3, 0.4) is 0 Å². The van der Waals surface area contributed by atoms with Crippen molar-refractivity contribution < 1.29 is 19.3 Å². The van der Waals surface area contributed by atoms with E-state index in [0.717, 1.165) is 71.4 Å². The first-order chi connectivity index (χ1) is 29.1. The average Bonchev–Trinajstić information content (AvgIpc) is 3.30. The summed E-state index contributed by atoms with van der Waals surface area (Å²) in [6.07, 6.45) is 6.98. The summed E-state index contributed by atoms with van der Waals surface area (Å²) in [7, 11) is 0. The van der Waals surface area contributed by atoms with Gasteiger partial charge in [-0.25, -0.2) is 9.97 Å². The summed E-state index contributed by atoms with van der Waals surface area (Å²) in [6, 6.07) is 36.7. The summed E-state index contributed by atoms with van der Waals surface area (Å²) in [4.78, 5) is 31.6. The summed E-state index contributed by atoms with van der Waals surface area (Å²) in [5.41, 5.74) is 6.20. The smallest absolute Gasteiger partial charge is 0.228 e. The summed E-state index contributed by atoms with van der Waals surface area (Å²) in [6.45, 7) is 6.18. The summed E-state index contributed by atoms with van der Waals surface area (Å²) in [5, 5.41) is 16.4. The van der Waals surface area contributed by atoms with Crippen LogP contribution < -0.4 is 25.2 Å². The van der Waals surface area contributed by atoms with E-state index in [2.05, 4.69) is 47.5 Å². The molecule has 2 saturated heterocycles. The molecule has 0 spiro atoms. The Morgan fingerprint density at radius 2 is 1.08 bits per heavy atom. The number of benzene rings is 3. The lowest BCUT2D eigenvalue weighted by Gasteiger charge is -2.27. The molecule has 0 radical (unpaired) electrons. The molecular formula is C45H46Cl2N10O4. The van der Waals surface area contributed by atoms with E-state index < -0.39 is 0 Å². The fraction of sp³-hybridized carbons (Fsp3) is 0.200. The van der Waals surface area contributed by atoms with Gasteiger partial charge in [-0.05, 0) is 54.1 Å². The molecule has 0 unspecified atom stereocenters. The third-order valence-corrected chi connectivity index (χ3v) is 9.40. The van der Waals surface area contributed by atoms with Crippen LogP contribution in [0.4, 0.5) is 34.9 Å². The van der Waals surface area contributed by atoms with Gasteiger partial charge in [-0.2, -0.15) is 9.97 Å². The SMILES string of the molecule is Cl.Cl.Oc1cccc(-c2cc(Nc3cccnc3)nc(N3CCOCC3)n2)c1.c1ccc(COc2cccc(-c3cc(Nc4cccnc4)nc(N4CCOCC4)n3)c2)cc1. The molecule has 2 aliphatic rings. The van der Waals surface area contributed by atoms with Gasteiger partial charge in [0, 0.05) is 61.8 Å². The van der Waals surface area contributed by atoms with Gasteiger partial charge >= 0.3 is 0 Å². The molecule has 3 N–H and O–H groups in total. The van der Waals surface area contributed by atoms with Crippen molar-refractivity contribution in [2.24, 2.45) is 0 Å². The van der Waals surface area contributed by atoms with Crippen molar-refractivity contribution in [2.45, 2.75) is 6.61 Å². The second kappa shape index (κ2) is 22.1. The number of rotatable bonds is 11. The maximum absolute atomic E-state index is 9.80. The van der Waals surface area contributed by atoms with Crippen molar-refractivity contribution in [3.63, 3.8) is 0 Å². The van der Waals surface area contributed by atoms with Crippen LogP contribution in [-0.4, -0.2) is 87.6 Å². The van der Waals surface area contributed by atoms with Crippen molar-refractivity contribution in [1.82, 2.24) is 29.9 Å². The van der Waals surface area contributed by atoms with Gasteiger partial charge in [-0.15, -0.1) is 24.8 Å². The number of anilines is 6. The van der Waals surface area contributed by atoms with Gasteiger partial charge in [0.25, 0.3) is 0 Å². The minimum Gasteiger partial charge on any atom is -0.508 e. The van der Waals surface area contributed by atoms with Crippen LogP contribution in [0, 0.1) is 0 Å². The number of phenolic OH excluding ortho intramolecular Hbond substituents is 1. The zero-order valence-electron chi connectivity index (χ0n) is 33.2. The highest BCUT2D eigenvalue weighted by atomic mass is 35.5. The monoisotopic (exact) mass is 860 g/mol. The van der Waals surface area contributed by atoms with Crippen LogP contribution >= 0.6 is 24.8 Å². The third-order valence-electron chi connectivity index (χ3n) is 9.40. The first-order valence-corrected chi connectivity index (χ1v) is 19.5. The van der Waals surface area contributed by atoms with E-state index in [-0.39, 0.29) is 30.6 Å². The van der Waals surface area contributed by atoms with Gasteiger partial charge < -0.3 is 39.8 Å². The Kier molecular flexibility index (Phi) is 16.0. The highest BCUT2D eigenvalue weighted by molar-refractivity contribution is 5.85. The quantitative estimate of drug-likeness (QED) is 0.114. The van der Waals surface area contributed by atoms with Gasteiger partial charge in [0.1, 0.15) is 29.7 Å². The molecular weight excluding hydrogens is 815 g/mol. The number of aromatic hydroxyl groups is 1. The number of hydrogen-bond donors (Lipinski definition) is 3. The number of hydrogen-bond acceptors (Lipinski definition) is 14. The topological polar surface area (TPSA) is 156 Å². The van der Waals surface area contributed by atoms with Crippen molar-refractivity contribution in [1.29, 1.82) is 0 Å². The molecule has 2 aliphatic heterocycles. The number of pyridine rings is 2. The zero-order chi connectivity index (χ0) is 40.1. The second-order valence-corrected chi connectivity index (χ2v) is 13.7. The van der Waals surface area contributed by atoms with Gasteiger partial charge in [-0.1, -0.05) is 54.6 Å². The molecule has 314 valence electrons. The molecule has 0 amide bonds. The molecule has 6 heterocycles. The van der Waals surface area contributed by atoms with Gasteiger partial charge in [0.15, 0.2) is 0 Å². The lowest BCUT2D eigenvalue weighted by atomic mass is 10.1. The molecule has 3 aromatic carbocycles. The third kappa shape index (κ3) is 12.5. The van der Waals surface area contributed by atoms with E-state index in [9.17, 15) is 5.11 Å². The van der Waals surface area contributed by atoms with E-state index in [4.69, 9.17) is 29.2 Å². The summed E-state index contributed by atoms with van der Waals surface area (Å²) >= 11 is 0. The average molecular weight is 862 g/mol. The Hall–Kier alpha value is -6.58. The molecule has 9 rings (SSSR count). The summed E-state index contributed by atoms with van der Waals surface area (Å²) < 4.78 is 17.0. The number of phenols is 1. The standard InChI is InChI=1S/C26H25N5O2.C19H19N5O2.2ClH/c1-2-6-20(7-3-1)19-33-23-10-4-8-21(16-23)24-17-25(28-22-9-5-11-27-18-22)30-26(29-24)31-12-14-32-15-13-31;25-16-5-1-3-14(11-16)17-12-18(21-15-4-2-6-20-13-15)23-19(22-17)24-7-9-26-10-8-24;;/h1-11,16-18H,12-15,19H2,(H,28,29,30);1-6,11-13,25H,7-10H2,(H,21,22,23);2*1H. The van der Waals surface area contributed by atoms with Gasteiger partial charge in [-0.3, -0.25) is 9.97 Å². The van der Waals surface area contributed by atoms with Crippen LogP contribution in [0.2, 0.25) is 0 Å². The first kappa shape index (κ1) is 44.0. The van der Waals surface area contributed by atoms with Crippen molar-refractivity contribution >= 4 is 59.7 Å². The van der Waals surface area contributed by atoms with E-state index in [1.165, 1.54) is 0 Å². The first-order valence-electron chi connectivity index (χ1n) is 19.5. The van der Waals surface area contributed by atoms with Crippen LogP contribution in [0.5, 0.6) is 11.5 Å². The highest BCUT2D eigenvalue weighted by Gasteiger charge is 2.18. The molecule has 0 saturated carbocycles. The van der Waals surface area contributed by atoms with E-state index >= 15 is 0 Å². The van der Waals surface area contributed by atoms with Crippen LogP contribution in [0.25, 0.3) is 22.5 Å². The van der Waals surface area contributed by atoms with Gasteiger partial charge in [0.2, 0.25) is 11.9 Å². The molecule has 61 heavy (non-hydrogen) atoms. The molecule has 14 nitrogen and oxygen atoms in total. The lowest BCUT2D eigenvalue weighted by molar-refractivity contribution is 0.122. The largest absolute Gasteiger partial charge is 0.508 e. The Balaban J connectivity index is 0.000000203. The van der Waals surface area contributed by atoms with Crippen molar-refractivity contribution in [3.05, 3.63) is 146 Å². The molecule has 0 bridgehead atoms. The Bertz CT molecular complexity index is 2410. The zero-order valence-corrected chi connectivity index (χ0v) is 34.8. The highest BCUT2D eigenvalue weighted by Crippen LogP contribution is 2.29. The summed E-state index contributed by atoms with van der Waals surface area (Å²) in [5.74, 6) is 3.71. The fourth-order valence-electron chi connectivity index (χ4n) is 6.42. The molecule has 4 aromatic heterocycles. The van der Waals surface area contributed by atoms with E-state index in [0.29, 0.717) is 56.6 Å². The van der Waals surface area contributed by atoms with Crippen LogP contribution in [0.1, 0.15) is 5.56 Å². The Morgan fingerprint density at radius 3 is 1.59 bits per heavy atom. The number of aromatic nitrogens is 6. The number of nitrogens with one attached hydrogen (secondary N) is 2. The van der Waals surface area contributed by atoms with Crippen LogP contribution in [-0.2, 0) is 16.1 Å². The van der Waals surface area contributed by atoms with E-state index in [1.54, 1.807) is 43.0 Å². The number of halogens is 2. The Labute approximate surface area is 366 Å². The molecule has 7 aromatic rings. The van der Waals surface area contributed by atoms with Crippen molar-refractivity contribution in [2.75, 3.05) is 73.0 Å². The number of ether oxygens (including phenoxy) is 3. The number of morpholine rings is 2. The molecule has 16 heteroatoms. The maximum Gasteiger partial charge on any atom is 0.228 e. The van der Waals surface area contributed by atoms with Crippen LogP contribution in [0.15, 0.2) is 140 Å². The normalized spacial score (nSPS) is 13.4. The minimum absolute atomic E-state index is 0.